The average Bonchev–Trinajstić information content (AvgIpc) is 2.77. The van der Waals surface area contributed by atoms with E-state index in [2.05, 4.69) is 4.90 Å². The molecule has 0 radical (unpaired) electrons. The number of benzene rings is 4. The molecule has 0 aliphatic rings. The molecule has 33 heavy (non-hydrogen) atoms. The van der Waals surface area contributed by atoms with Crippen LogP contribution in [0, 0.1) is 27.7 Å². The molecule has 0 bridgehead atoms. The zero-order chi connectivity index (χ0) is 23.7. The fourth-order valence-electron chi connectivity index (χ4n) is 3.87. The molecule has 0 amide bonds. The average molecular weight is 442 g/mol. The van der Waals surface area contributed by atoms with E-state index in [0.717, 1.165) is 45.1 Å². The second-order valence-corrected chi connectivity index (χ2v) is 8.28. The lowest BCUT2D eigenvalue weighted by atomic mass is 10.1. The summed E-state index contributed by atoms with van der Waals surface area (Å²) in [6, 6.07) is 22.0. The van der Waals surface area contributed by atoms with Gasteiger partial charge in [0.1, 0.15) is 28.7 Å². The van der Waals surface area contributed by atoms with Crippen molar-refractivity contribution in [3.63, 3.8) is 0 Å². The molecule has 0 heterocycles. The molecule has 0 aliphatic heterocycles. The smallest absolute Gasteiger partial charge is 0.133 e. The van der Waals surface area contributed by atoms with Gasteiger partial charge in [-0.1, -0.05) is 0 Å². The van der Waals surface area contributed by atoms with Gasteiger partial charge in [0.05, 0.1) is 0 Å². The maximum atomic E-state index is 10.0. The number of rotatable bonds is 5. The van der Waals surface area contributed by atoms with Gasteiger partial charge in [0.15, 0.2) is 0 Å². The summed E-state index contributed by atoms with van der Waals surface area (Å²) in [6.07, 6.45) is 0. The van der Waals surface area contributed by atoms with Gasteiger partial charge >= 0.3 is 0 Å². The molecule has 5 heteroatoms. The minimum absolute atomic E-state index is 0.219. The van der Waals surface area contributed by atoms with Crippen LogP contribution >= 0.6 is 0 Å². The van der Waals surface area contributed by atoms with Crippen molar-refractivity contribution in [3.05, 3.63) is 95.1 Å². The molecule has 4 aromatic rings. The molecule has 0 unspecified atom stereocenters. The molecule has 0 atom stereocenters. The molecule has 0 saturated heterocycles. The second-order valence-electron chi connectivity index (χ2n) is 8.28. The maximum absolute atomic E-state index is 10.0. The van der Waals surface area contributed by atoms with E-state index >= 15 is 0 Å². The van der Waals surface area contributed by atoms with Crippen LogP contribution in [0.1, 0.15) is 22.3 Å². The van der Waals surface area contributed by atoms with Crippen LogP contribution in [-0.4, -0.2) is 15.3 Å². The Morgan fingerprint density at radius 1 is 0.545 bits per heavy atom. The molecule has 0 fully saturated rings. The van der Waals surface area contributed by atoms with E-state index in [1.54, 1.807) is 24.3 Å². The first-order valence-electron chi connectivity index (χ1n) is 10.7. The van der Waals surface area contributed by atoms with Crippen LogP contribution in [0.15, 0.2) is 72.8 Å². The third-order valence-corrected chi connectivity index (χ3v) is 5.64. The fraction of sp³-hybridized carbons (Fsp3) is 0.143. The van der Waals surface area contributed by atoms with Crippen molar-refractivity contribution in [2.45, 2.75) is 27.7 Å². The zero-order valence-electron chi connectivity index (χ0n) is 19.1. The Bertz CT molecular complexity index is 1240. The van der Waals surface area contributed by atoms with Crippen LogP contribution in [0.3, 0.4) is 0 Å². The summed E-state index contributed by atoms with van der Waals surface area (Å²) in [4.78, 5) is 2.06. The van der Waals surface area contributed by atoms with E-state index < -0.39 is 0 Å². The van der Waals surface area contributed by atoms with Gasteiger partial charge in [0, 0.05) is 17.1 Å². The summed E-state index contributed by atoms with van der Waals surface area (Å²) in [7, 11) is 0. The number of ether oxygens (including phenoxy) is 1. The number of nitrogens with zero attached hydrogens (tertiary/aromatic N) is 1. The monoisotopic (exact) mass is 441 g/mol. The minimum atomic E-state index is 0.219. The molecule has 5 nitrogen and oxygen atoms in total. The topological polar surface area (TPSA) is 73.2 Å². The number of hydrogen-bond acceptors (Lipinski definition) is 5. The predicted octanol–water partition coefficient (Wildman–Crippen LogP) is 7.30. The van der Waals surface area contributed by atoms with Crippen LogP contribution in [0.5, 0.6) is 28.7 Å². The van der Waals surface area contributed by atoms with Crippen molar-refractivity contribution in [1.29, 1.82) is 0 Å². The predicted molar refractivity (Wildman–Crippen MR) is 132 cm³/mol. The Morgan fingerprint density at radius 2 is 1.00 bits per heavy atom. The van der Waals surface area contributed by atoms with Crippen molar-refractivity contribution >= 4 is 17.1 Å². The first-order valence-corrected chi connectivity index (χ1v) is 10.7. The number of phenolic OH excluding ortho intramolecular Hbond substituents is 3. The van der Waals surface area contributed by atoms with Crippen molar-refractivity contribution in [2.24, 2.45) is 0 Å². The van der Waals surface area contributed by atoms with Gasteiger partial charge in [0.25, 0.3) is 0 Å². The molecule has 0 spiro atoms. The summed E-state index contributed by atoms with van der Waals surface area (Å²) >= 11 is 0. The Labute approximate surface area is 193 Å². The zero-order valence-corrected chi connectivity index (χ0v) is 19.1. The lowest BCUT2D eigenvalue weighted by Crippen LogP contribution is -2.10. The quantitative estimate of drug-likeness (QED) is 0.303. The summed E-state index contributed by atoms with van der Waals surface area (Å²) in [6.45, 7) is 7.52. The van der Waals surface area contributed by atoms with E-state index in [9.17, 15) is 15.3 Å². The van der Waals surface area contributed by atoms with E-state index in [1.807, 2.05) is 76.2 Å². The van der Waals surface area contributed by atoms with Crippen LogP contribution in [0.4, 0.5) is 17.1 Å². The van der Waals surface area contributed by atoms with Crippen molar-refractivity contribution in [3.8, 4) is 28.7 Å². The van der Waals surface area contributed by atoms with Crippen LogP contribution in [0.2, 0.25) is 0 Å². The van der Waals surface area contributed by atoms with Crippen LogP contribution in [0.25, 0.3) is 0 Å². The normalized spacial score (nSPS) is 10.8. The molecule has 168 valence electrons. The Balaban J connectivity index is 1.73. The first-order chi connectivity index (χ1) is 15.7. The highest BCUT2D eigenvalue weighted by molar-refractivity contribution is 5.78. The van der Waals surface area contributed by atoms with E-state index in [4.69, 9.17) is 4.74 Å². The van der Waals surface area contributed by atoms with Gasteiger partial charge in [0.2, 0.25) is 0 Å². The largest absolute Gasteiger partial charge is 0.508 e. The van der Waals surface area contributed by atoms with Gasteiger partial charge in [-0.2, -0.15) is 0 Å². The lowest BCUT2D eigenvalue weighted by Gasteiger charge is -2.26. The van der Waals surface area contributed by atoms with Crippen molar-refractivity contribution in [1.82, 2.24) is 0 Å². The van der Waals surface area contributed by atoms with Gasteiger partial charge < -0.3 is 25.0 Å². The van der Waals surface area contributed by atoms with E-state index in [-0.39, 0.29) is 17.2 Å². The van der Waals surface area contributed by atoms with Gasteiger partial charge in [-0.25, -0.2) is 0 Å². The van der Waals surface area contributed by atoms with E-state index in [0.29, 0.717) is 5.75 Å². The molecule has 0 aromatic heterocycles. The third-order valence-electron chi connectivity index (χ3n) is 5.64. The van der Waals surface area contributed by atoms with Crippen molar-refractivity contribution in [2.75, 3.05) is 4.90 Å². The summed E-state index contributed by atoms with van der Waals surface area (Å²) in [5, 5.41) is 29.8. The highest BCUT2D eigenvalue weighted by Gasteiger charge is 2.15. The van der Waals surface area contributed by atoms with Crippen LogP contribution < -0.4 is 9.64 Å². The molecule has 0 saturated carbocycles. The van der Waals surface area contributed by atoms with Gasteiger partial charge in [-0.15, -0.1) is 0 Å². The Morgan fingerprint density at radius 3 is 1.45 bits per heavy atom. The molecule has 0 aliphatic carbocycles. The first kappa shape index (κ1) is 22.1. The highest BCUT2D eigenvalue weighted by Crippen LogP contribution is 2.39. The summed E-state index contributed by atoms with van der Waals surface area (Å²) in [5.74, 6) is 2.10. The van der Waals surface area contributed by atoms with Gasteiger partial charge in [-0.05, 0) is 123 Å². The number of phenols is 3. The van der Waals surface area contributed by atoms with E-state index in [1.165, 1.54) is 0 Å². The Hall–Kier alpha value is -4.12. The SMILES string of the molecule is Cc1cc(N(c2ccc(Oc3c(C)cc(O)cc3C)cc2)c2ccc(O)c(C)c2)ccc1O. The molecule has 4 rings (SSSR count). The second kappa shape index (κ2) is 8.79. The number of anilines is 3. The number of aryl methyl sites for hydroxylation is 4. The number of aromatic hydroxyl groups is 3. The maximum Gasteiger partial charge on any atom is 0.133 e. The lowest BCUT2D eigenvalue weighted by molar-refractivity contribution is 0.458. The third kappa shape index (κ3) is 4.58. The van der Waals surface area contributed by atoms with Gasteiger partial charge in [-0.3, -0.25) is 0 Å². The highest BCUT2D eigenvalue weighted by atomic mass is 16.5. The summed E-state index contributed by atoms with van der Waals surface area (Å²) in [5.41, 5.74) is 5.92. The molecule has 3 N–H and O–H groups in total. The van der Waals surface area contributed by atoms with Crippen molar-refractivity contribution < 1.29 is 20.1 Å². The van der Waals surface area contributed by atoms with Crippen LogP contribution in [-0.2, 0) is 0 Å². The minimum Gasteiger partial charge on any atom is -0.508 e. The molecular weight excluding hydrogens is 414 g/mol. The fourth-order valence-corrected chi connectivity index (χ4v) is 3.87. The standard InChI is InChI=1S/C28H27NO4/c1-17-13-22(7-11-26(17)31)29(23-8-12-27(32)18(2)14-23)21-5-9-25(10-6-21)33-28-19(3)15-24(30)16-20(28)4/h5-16,30-32H,1-4H3. The Kier molecular flexibility index (Phi) is 5.88. The molecular formula is C28H27NO4. The summed E-state index contributed by atoms with van der Waals surface area (Å²) < 4.78 is 6.12. The molecule has 4 aromatic carbocycles. The number of hydrogen-bond donors (Lipinski definition) is 3.